The van der Waals surface area contributed by atoms with Gasteiger partial charge < -0.3 is 19.5 Å². The number of nitrogens with one attached hydrogen (secondary N) is 1. The van der Waals surface area contributed by atoms with Crippen LogP contribution < -0.4 is 14.8 Å². The number of carbonyl (C=O) groups is 2. The van der Waals surface area contributed by atoms with E-state index in [4.69, 9.17) is 14.2 Å². The van der Waals surface area contributed by atoms with Crippen LogP contribution in [0.15, 0.2) is 36.4 Å². The van der Waals surface area contributed by atoms with Gasteiger partial charge in [0.25, 0.3) is 5.91 Å². The van der Waals surface area contributed by atoms with Gasteiger partial charge in [0.15, 0.2) is 12.4 Å². The average Bonchev–Trinajstić information content (AvgIpc) is 2.70. The molecule has 1 N–H and O–H groups in total. The Labute approximate surface area is 167 Å². The number of ether oxygens (including phenoxy) is 3. The molecule has 154 valence electrons. The van der Waals surface area contributed by atoms with Crippen LogP contribution in [0.2, 0.25) is 0 Å². The Morgan fingerprint density at radius 2 is 1.83 bits per heavy atom. The molecule has 0 aromatic heterocycles. The van der Waals surface area contributed by atoms with Crippen LogP contribution in [-0.2, 0) is 9.53 Å². The second kappa shape index (κ2) is 10.1. The first kappa shape index (κ1) is 21.7. The van der Waals surface area contributed by atoms with Gasteiger partial charge in [0, 0.05) is 6.07 Å². The summed E-state index contributed by atoms with van der Waals surface area (Å²) in [7, 11) is 1.29. The number of esters is 1. The van der Waals surface area contributed by atoms with Crippen molar-refractivity contribution in [1.29, 1.82) is 0 Å². The van der Waals surface area contributed by atoms with Crippen LogP contribution in [0.5, 0.6) is 11.5 Å². The highest BCUT2D eigenvalue weighted by Gasteiger charge is 2.19. The van der Waals surface area contributed by atoms with Gasteiger partial charge in [-0.25, -0.2) is 4.79 Å². The third kappa shape index (κ3) is 6.20. The molecule has 0 bridgehead atoms. The van der Waals surface area contributed by atoms with Crippen LogP contribution in [0.25, 0.3) is 0 Å². The van der Waals surface area contributed by atoms with E-state index >= 15 is 0 Å². The van der Waals surface area contributed by atoms with Gasteiger partial charge in [0.2, 0.25) is 0 Å². The summed E-state index contributed by atoms with van der Waals surface area (Å²) in [5, 5.41) is 13.6. The average molecular weight is 402 g/mol. The van der Waals surface area contributed by atoms with Crippen molar-refractivity contribution in [2.24, 2.45) is 0 Å². The lowest BCUT2D eigenvalue weighted by Gasteiger charge is -2.11. The van der Waals surface area contributed by atoms with E-state index in [0.29, 0.717) is 0 Å². The van der Waals surface area contributed by atoms with Gasteiger partial charge >= 0.3 is 11.7 Å². The van der Waals surface area contributed by atoms with Crippen molar-refractivity contribution in [2.75, 3.05) is 26.9 Å². The maximum Gasteiger partial charge on any atom is 0.338 e. The SMILES string of the molecule is COc1ccc(C(=O)OCC(=O)NCCOc2ccc(C)cc2C)cc1[N+](=O)[O-]. The number of aryl methyl sites for hydroxylation is 2. The fraction of sp³-hybridized carbons (Fsp3) is 0.300. The highest BCUT2D eigenvalue weighted by molar-refractivity contribution is 5.92. The minimum atomic E-state index is -0.850. The zero-order valence-electron chi connectivity index (χ0n) is 16.4. The van der Waals surface area contributed by atoms with Crippen LogP contribution >= 0.6 is 0 Å². The normalized spacial score (nSPS) is 10.2. The summed E-state index contributed by atoms with van der Waals surface area (Å²) in [5.41, 5.74) is 1.71. The van der Waals surface area contributed by atoms with Gasteiger partial charge in [0.1, 0.15) is 12.4 Å². The van der Waals surface area contributed by atoms with Crippen LogP contribution in [0, 0.1) is 24.0 Å². The summed E-state index contributed by atoms with van der Waals surface area (Å²) in [6.07, 6.45) is 0. The summed E-state index contributed by atoms with van der Waals surface area (Å²) < 4.78 is 15.4. The van der Waals surface area contributed by atoms with E-state index < -0.39 is 23.4 Å². The van der Waals surface area contributed by atoms with Crippen LogP contribution in [-0.4, -0.2) is 43.7 Å². The molecule has 0 fully saturated rings. The van der Waals surface area contributed by atoms with Gasteiger partial charge in [0.05, 0.1) is 24.1 Å². The minimum Gasteiger partial charge on any atom is -0.491 e. The van der Waals surface area contributed by atoms with Crippen LogP contribution in [0.3, 0.4) is 0 Å². The first-order valence-corrected chi connectivity index (χ1v) is 8.78. The van der Waals surface area contributed by atoms with E-state index in [0.717, 1.165) is 22.9 Å². The van der Waals surface area contributed by atoms with E-state index in [9.17, 15) is 19.7 Å². The molecule has 2 aromatic rings. The fourth-order valence-corrected chi connectivity index (χ4v) is 2.54. The zero-order chi connectivity index (χ0) is 21.4. The minimum absolute atomic E-state index is 0.0214. The molecular weight excluding hydrogens is 380 g/mol. The maximum absolute atomic E-state index is 12.0. The topological polar surface area (TPSA) is 117 Å². The largest absolute Gasteiger partial charge is 0.491 e. The lowest BCUT2D eigenvalue weighted by atomic mass is 10.1. The Balaban J connectivity index is 1.78. The monoisotopic (exact) mass is 402 g/mol. The van der Waals surface area contributed by atoms with Gasteiger partial charge in [-0.3, -0.25) is 14.9 Å². The predicted octanol–water partition coefficient (Wildman–Crippen LogP) is 2.57. The number of nitro groups is 1. The van der Waals surface area contributed by atoms with E-state index in [1.807, 2.05) is 32.0 Å². The van der Waals surface area contributed by atoms with Gasteiger partial charge in [-0.15, -0.1) is 0 Å². The van der Waals surface area contributed by atoms with Crippen molar-refractivity contribution >= 4 is 17.6 Å². The summed E-state index contributed by atoms with van der Waals surface area (Å²) >= 11 is 0. The number of hydrogen-bond donors (Lipinski definition) is 1. The quantitative estimate of drug-likeness (QED) is 0.296. The van der Waals surface area contributed by atoms with Crippen molar-refractivity contribution in [3.63, 3.8) is 0 Å². The third-order valence-corrected chi connectivity index (χ3v) is 3.96. The van der Waals surface area contributed by atoms with Crippen molar-refractivity contribution in [3.8, 4) is 11.5 Å². The first-order chi connectivity index (χ1) is 13.8. The summed E-state index contributed by atoms with van der Waals surface area (Å²) in [4.78, 5) is 34.2. The summed E-state index contributed by atoms with van der Waals surface area (Å²) in [6, 6.07) is 9.45. The number of carbonyl (C=O) groups excluding carboxylic acids is 2. The number of amides is 1. The summed E-state index contributed by atoms with van der Waals surface area (Å²) in [5.74, 6) is -0.603. The highest BCUT2D eigenvalue weighted by atomic mass is 16.6. The van der Waals surface area contributed by atoms with Crippen molar-refractivity contribution < 1.29 is 28.7 Å². The molecule has 1 amide bonds. The molecule has 29 heavy (non-hydrogen) atoms. The Morgan fingerprint density at radius 3 is 2.48 bits per heavy atom. The van der Waals surface area contributed by atoms with Gasteiger partial charge in [-0.2, -0.15) is 0 Å². The molecular formula is C20H22N2O7. The number of methoxy groups -OCH3 is 1. The Morgan fingerprint density at radius 1 is 1.10 bits per heavy atom. The van der Waals surface area contributed by atoms with Crippen molar-refractivity contribution in [3.05, 3.63) is 63.2 Å². The molecule has 0 aliphatic heterocycles. The van der Waals surface area contributed by atoms with E-state index in [1.54, 1.807) is 0 Å². The zero-order valence-corrected chi connectivity index (χ0v) is 16.4. The molecule has 0 saturated heterocycles. The number of hydrogen-bond acceptors (Lipinski definition) is 7. The molecule has 0 unspecified atom stereocenters. The standard InChI is InChI=1S/C20H22N2O7/c1-13-4-6-17(14(2)10-13)28-9-8-21-19(23)12-29-20(24)15-5-7-18(27-3)16(11-15)22(25)26/h4-7,10-11H,8-9,12H2,1-3H3,(H,21,23). The molecule has 0 saturated carbocycles. The molecule has 0 atom stereocenters. The van der Waals surface area contributed by atoms with E-state index in [1.165, 1.54) is 19.2 Å². The second-order valence-corrected chi connectivity index (χ2v) is 6.19. The number of nitro benzene ring substituents is 1. The molecule has 0 aliphatic rings. The van der Waals surface area contributed by atoms with Crippen LogP contribution in [0.1, 0.15) is 21.5 Å². The first-order valence-electron chi connectivity index (χ1n) is 8.78. The molecule has 2 rings (SSSR count). The third-order valence-electron chi connectivity index (χ3n) is 3.96. The van der Waals surface area contributed by atoms with E-state index in [2.05, 4.69) is 5.32 Å². The molecule has 2 aromatic carbocycles. The number of nitrogens with zero attached hydrogens (tertiary/aromatic N) is 1. The van der Waals surface area contributed by atoms with Gasteiger partial charge in [-0.1, -0.05) is 17.7 Å². The van der Waals surface area contributed by atoms with E-state index in [-0.39, 0.29) is 30.2 Å². The molecule has 9 heteroatoms. The molecule has 0 radical (unpaired) electrons. The molecule has 0 heterocycles. The lowest BCUT2D eigenvalue weighted by Crippen LogP contribution is -2.32. The predicted molar refractivity (Wildman–Crippen MR) is 104 cm³/mol. The van der Waals surface area contributed by atoms with Crippen molar-refractivity contribution in [1.82, 2.24) is 5.32 Å². The Hall–Kier alpha value is -3.62. The smallest absolute Gasteiger partial charge is 0.338 e. The molecule has 0 aliphatic carbocycles. The Bertz CT molecular complexity index is 912. The second-order valence-electron chi connectivity index (χ2n) is 6.19. The van der Waals surface area contributed by atoms with Crippen molar-refractivity contribution in [2.45, 2.75) is 13.8 Å². The molecule has 9 nitrogen and oxygen atoms in total. The Kier molecular flexibility index (Phi) is 7.53. The number of rotatable bonds is 9. The van der Waals surface area contributed by atoms with Crippen LogP contribution in [0.4, 0.5) is 5.69 Å². The molecule has 0 spiro atoms. The number of benzene rings is 2. The highest BCUT2D eigenvalue weighted by Crippen LogP contribution is 2.27. The summed E-state index contributed by atoms with van der Waals surface area (Å²) in [6.45, 7) is 3.90. The lowest BCUT2D eigenvalue weighted by molar-refractivity contribution is -0.385. The fourth-order valence-electron chi connectivity index (χ4n) is 2.54. The van der Waals surface area contributed by atoms with Gasteiger partial charge in [-0.05, 0) is 37.6 Å². The maximum atomic E-state index is 12.0.